The van der Waals surface area contributed by atoms with Crippen LogP contribution in [0.15, 0.2) is 30.5 Å². The van der Waals surface area contributed by atoms with Crippen molar-refractivity contribution in [1.29, 1.82) is 0 Å². The number of aromatic nitrogens is 2. The van der Waals surface area contributed by atoms with Gasteiger partial charge in [-0.25, -0.2) is 14.8 Å². The molecule has 0 spiro atoms. The van der Waals surface area contributed by atoms with Crippen molar-refractivity contribution < 1.29 is 14.7 Å². The number of nitrogens with zero attached hydrogens (tertiary/aromatic N) is 4. The molecule has 2 N–H and O–H groups in total. The highest BCUT2D eigenvalue weighted by atomic mass is 16.4. The number of aldehydes is 1. The molecular formula is C22H27N5O3. The maximum atomic E-state index is 11.5. The van der Waals surface area contributed by atoms with Gasteiger partial charge in [-0.05, 0) is 37.1 Å². The highest BCUT2D eigenvalue weighted by Gasteiger charge is 2.22. The van der Waals surface area contributed by atoms with Crippen LogP contribution in [-0.4, -0.2) is 64.6 Å². The SMILES string of the molecule is O=Cc1cc(-c2ccnc(NC3CCCCC3)c2)nc(N2CCN(C(=O)O)CC2)c1. The van der Waals surface area contributed by atoms with Crippen LogP contribution >= 0.6 is 0 Å². The number of hydrogen-bond donors (Lipinski definition) is 2. The molecule has 0 radical (unpaired) electrons. The lowest BCUT2D eigenvalue weighted by Gasteiger charge is -2.34. The second-order valence-electron chi connectivity index (χ2n) is 7.93. The van der Waals surface area contributed by atoms with Crippen molar-refractivity contribution in [3.63, 3.8) is 0 Å². The molecule has 2 aromatic rings. The number of carboxylic acid groups (broad SMARTS) is 1. The van der Waals surface area contributed by atoms with Crippen molar-refractivity contribution >= 4 is 24.0 Å². The highest BCUT2D eigenvalue weighted by molar-refractivity contribution is 5.80. The average molecular weight is 409 g/mol. The third kappa shape index (κ3) is 4.69. The smallest absolute Gasteiger partial charge is 0.407 e. The van der Waals surface area contributed by atoms with Crippen molar-refractivity contribution in [2.24, 2.45) is 0 Å². The van der Waals surface area contributed by atoms with E-state index in [1.54, 1.807) is 18.3 Å². The van der Waals surface area contributed by atoms with Gasteiger partial charge in [-0.1, -0.05) is 19.3 Å². The van der Waals surface area contributed by atoms with Gasteiger partial charge in [0.05, 0.1) is 5.69 Å². The number of amides is 1. The number of piperazine rings is 1. The van der Waals surface area contributed by atoms with Gasteiger partial charge in [0.25, 0.3) is 0 Å². The minimum atomic E-state index is -0.903. The Morgan fingerprint density at radius 1 is 1.10 bits per heavy atom. The summed E-state index contributed by atoms with van der Waals surface area (Å²) < 4.78 is 0. The van der Waals surface area contributed by atoms with Crippen molar-refractivity contribution in [2.75, 3.05) is 36.4 Å². The van der Waals surface area contributed by atoms with Crippen molar-refractivity contribution in [1.82, 2.24) is 14.9 Å². The third-order valence-electron chi connectivity index (χ3n) is 5.86. The molecule has 0 bridgehead atoms. The number of hydrogen-bond acceptors (Lipinski definition) is 6. The summed E-state index contributed by atoms with van der Waals surface area (Å²) in [5.41, 5.74) is 2.16. The Morgan fingerprint density at radius 2 is 1.87 bits per heavy atom. The first-order chi connectivity index (χ1) is 14.6. The fourth-order valence-electron chi connectivity index (χ4n) is 4.17. The van der Waals surface area contributed by atoms with Crippen LogP contribution < -0.4 is 10.2 Å². The molecule has 1 saturated heterocycles. The van der Waals surface area contributed by atoms with Crippen LogP contribution in [0, 0.1) is 0 Å². The van der Waals surface area contributed by atoms with Gasteiger partial charge in [0.1, 0.15) is 17.9 Å². The Bertz CT molecular complexity index is 905. The van der Waals surface area contributed by atoms with Gasteiger partial charge in [0.15, 0.2) is 0 Å². The van der Waals surface area contributed by atoms with E-state index < -0.39 is 6.09 Å². The molecule has 0 atom stereocenters. The average Bonchev–Trinajstić information content (AvgIpc) is 2.79. The normalized spacial score (nSPS) is 17.6. The number of nitrogens with one attached hydrogen (secondary N) is 1. The molecule has 1 amide bonds. The van der Waals surface area contributed by atoms with Crippen LogP contribution in [0.3, 0.4) is 0 Å². The van der Waals surface area contributed by atoms with Gasteiger partial charge in [0.2, 0.25) is 0 Å². The lowest BCUT2D eigenvalue weighted by atomic mass is 9.95. The zero-order chi connectivity index (χ0) is 20.9. The molecule has 0 aromatic carbocycles. The van der Waals surface area contributed by atoms with Gasteiger partial charge in [-0.2, -0.15) is 0 Å². The molecule has 2 fully saturated rings. The van der Waals surface area contributed by atoms with Gasteiger partial charge >= 0.3 is 6.09 Å². The standard InChI is InChI=1S/C22H27N5O3/c28-15-16-12-19(25-21(13-16)26-8-10-27(11-9-26)22(29)30)17-6-7-23-20(14-17)24-18-4-2-1-3-5-18/h6-7,12-15,18H,1-5,8-11H2,(H,23,24)(H,29,30). The zero-order valence-corrected chi connectivity index (χ0v) is 17.0. The topological polar surface area (TPSA) is 98.7 Å². The van der Waals surface area contributed by atoms with E-state index in [2.05, 4.69) is 10.3 Å². The molecular weight excluding hydrogens is 382 g/mol. The fourth-order valence-corrected chi connectivity index (χ4v) is 4.17. The molecule has 1 saturated carbocycles. The van der Waals surface area contributed by atoms with Crippen LogP contribution in [0.4, 0.5) is 16.4 Å². The minimum Gasteiger partial charge on any atom is -0.465 e. The molecule has 1 aliphatic carbocycles. The van der Waals surface area contributed by atoms with E-state index in [4.69, 9.17) is 10.1 Å². The number of pyridine rings is 2. The summed E-state index contributed by atoms with van der Waals surface area (Å²) >= 11 is 0. The lowest BCUT2D eigenvalue weighted by Crippen LogP contribution is -2.48. The second kappa shape index (κ2) is 9.11. The molecule has 2 aromatic heterocycles. The largest absolute Gasteiger partial charge is 0.465 e. The Hall–Kier alpha value is -3.16. The monoisotopic (exact) mass is 409 g/mol. The predicted octanol–water partition coefficient (Wildman–Crippen LogP) is 3.50. The minimum absolute atomic E-state index is 0.419. The van der Waals surface area contributed by atoms with Crippen LogP contribution in [-0.2, 0) is 0 Å². The Balaban J connectivity index is 1.55. The first-order valence-corrected chi connectivity index (χ1v) is 10.6. The lowest BCUT2D eigenvalue weighted by molar-refractivity contribution is 0.112. The number of carbonyl (C=O) groups excluding carboxylic acids is 1. The number of anilines is 2. The molecule has 3 heterocycles. The van der Waals surface area contributed by atoms with Gasteiger partial charge < -0.3 is 20.2 Å². The summed E-state index contributed by atoms with van der Waals surface area (Å²) in [6.07, 6.45) is 7.81. The summed E-state index contributed by atoms with van der Waals surface area (Å²) in [6.45, 7) is 1.93. The second-order valence-corrected chi connectivity index (χ2v) is 7.93. The van der Waals surface area contributed by atoms with Crippen LogP contribution in [0.2, 0.25) is 0 Å². The van der Waals surface area contributed by atoms with Crippen molar-refractivity contribution in [3.05, 3.63) is 36.0 Å². The molecule has 30 heavy (non-hydrogen) atoms. The first kappa shape index (κ1) is 20.1. The van der Waals surface area contributed by atoms with Gasteiger partial charge in [-0.3, -0.25) is 4.79 Å². The van der Waals surface area contributed by atoms with E-state index in [9.17, 15) is 9.59 Å². The van der Waals surface area contributed by atoms with Crippen molar-refractivity contribution in [3.8, 4) is 11.3 Å². The molecule has 158 valence electrons. The predicted molar refractivity (Wildman–Crippen MR) is 115 cm³/mol. The van der Waals surface area contributed by atoms with Gasteiger partial charge in [0, 0.05) is 49.5 Å². The Morgan fingerprint density at radius 3 is 2.57 bits per heavy atom. The fraction of sp³-hybridized carbons (Fsp3) is 0.455. The number of rotatable bonds is 5. The van der Waals surface area contributed by atoms with Crippen molar-refractivity contribution in [2.45, 2.75) is 38.1 Å². The summed E-state index contributed by atoms with van der Waals surface area (Å²) in [6, 6.07) is 7.88. The molecule has 8 nitrogen and oxygen atoms in total. The number of carbonyl (C=O) groups is 2. The van der Waals surface area contributed by atoms with E-state index >= 15 is 0 Å². The maximum Gasteiger partial charge on any atom is 0.407 e. The summed E-state index contributed by atoms with van der Waals surface area (Å²) in [4.78, 5) is 35.3. The van der Waals surface area contributed by atoms with E-state index in [-0.39, 0.29) is 0 Å². The summed E-state index contributed by atoms with van der Waals surface area (Å²) in [7, 11) is 0. The van der Waals surface area contributed by atoms with E-state index in [1.165, 1.54) is 24.2 Å². The van der Waals surface area contributed by atoms with Crippen LogP contribution in [0.5, 0.6) is 0 Å². The Kier molecular flexibility index (Phi) is 6.11. The van der Waals surface area contributed by atoms with E-state index in [0.29, 0.717) is 49.3 Å². The van der Waals surface area contributed by atoms with E-state index in [1.807, 2.05) is 17.0 Å². The maximum absolute atomic E-state index is 11.5. The zero-order valence-electron chi connectivity index (χ0n) is 17.0. The third-order valence-corrected chi connectivity index (χ3v) is 5.86. The summed E-state index contributed by atoms with van der Waals surface area (Å²) in [5.74, 6) is 1.52. The molecule has 1 aliphatic heterocycles. The Labute approximate surface area is 175 Å². The van der Waals surface area contributed by atoms with E-state index in [0.717, 1.165) is 30.5 Å². The highest BCUT2D eigenvalue weighted by Crippen LogP contribution is 2.26. The molecule has 4 rings (SSSR count). The van der Waals surface area contributed by atoms with Gasteiger partial charge in [-0.15, -0.1) is 0 Å². The molecule has 8 heteroatoms. The first-order valence-electron chi connectivity index (χ1n) is 10.6. The van der Waals surface area contributed by atoms with Crippen LogP contribution in [0.25, 0.3) is 11.3 Å². The molecule has 2 aliphatic rings. The quantitative estimate of drug-likeness (QED) is 0.729. The molecule has 0 unspecified atom stereocenters. The summed E-state index contributed by atoms with van der Waals surface area (Å²) in [5, 5.41) is 12.7. The van der Waals surface area contributed by atoms with Crippen LogP contribution in [0.1, 0.15) is 42.5 Å².